The highest BCUT2D eigenvalue weighted by Gasteiger charge is 2.16. The molecule has 0 heterocycles. The summed E-state index contributed by atoms with van der Waals surface area (Å²) in [6, 6.07) is 8.06. The molecule has 2 amide bonds. The van der Waals surface area contributed by atoms with Crippen molar-refractivity contribution in [2.45, 2.75) is 32.4 Å². The first-order chi connectivity index (χ1) is 8.54. The Bertz CT molecular complexity index is 406. The first kappa shape index (κ1) is 14.0. The number of aliphatic carboxylic acids is 1. The Hall–Kier alpha value is -2.04. The number of amides is 2. The number of benzene rings is 1. The maximum atomic E-state index is 11.6. The molecule has 0 aromatic heterocycles. The highest BCUT2D eigenvalue weighted by atomic mass is 16.4. The Morgan fingerprint density at radius 1 is 1.22 bits per heavy atom. The molecule has 0 aliphatic heterocycles. The van der Waals surface area contributed by atoms with Gasteiger partial charge in [0, 0.05) is 0 Å². The molecule has 2 atom stereocenters. The van der Waals surface area contributed by atoms with E-state index in [4.69, 9.17) is 5.11 Å². The van der Waals surface area contributed by atoms with E-state index in [2.05, 4.69) is 10.6 Å². The standard InChI is InChI=1S/C13H18N2O3/c1-3-11(10-7-5-4-6-8-10)15-13(18)14-9(2)12(16)17/h4-9,11H,3H2,1-2H3,(H,16,17)(H2,14,15,18)/t9-,11?/m1/s1. The van der Waals surface area contributed by atoms with Crippen molar-refractivity contribution < 1.29 is 14.7 Å². The lowest BCUT2D eigenvalue weighted by atomic mass is 10.1. The summed E-state index contributed by atoms with van der Waals surface area (Å²) in [5.41, 5.74) is 0.998. The van der Waals surface area contributed by atoms with Gasteiger partial charge in [-0.15, -0.1) is 0 Å². The monoisotopic (exact) mass is 250 g/mol. The fourth-order valence-electron chi connectivity index (χ4n) is 1.56. The summed E-state index contributed by atoms with van der Waals surface area (Å²) in [6.07, 6.45) is 0.735. The van der Waals surface area contributed by atoms with Gasteiger partial charge in [-0.05, 0) is 18.9 Å². The van der Waals surface area contributed by atoms with E-state index in [1.807, 2.05) is 37.3 Å². The fraction of sp³-hybridized carbons (Fsp3) is 0.385. The van der Waals surface area contributed by atoms with Crippen LogP contribution in [-0.4, -0.2) is 23.1 Å². The van der Waals surface area contributed by atoms with Crippen LogP contribution in [0.25, 0.3) is 0 Å². The van der Waals surface area contributed by atoms with E-state index in [9.17, 15) is 9.59 Å². The third kappa shape index (κ3) is 4.08. The van der Waals surface area contributed by atoms with Crippen LogP contribution < -0.4 is 10.6 Å². The number of carboxylic acid groups (broad SMARTS) is 1. The zero-order valence-electron chi connectivity index (χ0n) is 10.5. The molecular formula is C13H18N2O3. The molecule has 5 nitrogen and oxygen atoms in total. The molecule has 3 N–H and O–H groups in total. The Labute approximate surface area is 106 Å². The van der Waals surface area contributed by atoms with Crippen LogP contribution in [-0.2, 0) is 4.79 Å². The first-order valence-corrected chi connectivity index (χ1v) is 5.89. The number of urea groups is 1. The van der Waals surface area contributed by atoms with Gasteiger partial charge in [0.15, 0.2) is 0 Å². The molecule has 1 aromatic rings. The van der Waals surface area contributed by atoms with E-state index in [0.717, 1.165) is 12.0 Å². The molecule has 0 spiro atoms. The molecule has 0 saturated carbocycles. The summed E-state index contributed by atoms with van der Waals surface area (Å²) >= 11 is 0. The molecule has 0 radical (unpaired) electrons. The summed E-state index contributed by atoms with van der Waals surface area (Å²) in [5, 5.41) is 13.8. The molecule has 18 heavy (non-hydrogen) atoms. The van der Waals surface area contributed by atoms with E-state index in [0.29, 0.717) is 0 Å². The maximum Gasteiger partial charge on any atom is 0.325 e. The number of carbonyl (C=O) groups is 2. The Kier molecular flexibility index (Phi) is 5.17. The van der Waals surface area contributed by atoms with Gasteiger partial charge in [0.1, 0.15) is 6.04 Å². The quantitative estimate of drug-likeness (QED) is 0.747. The van der Waals surface area contributed by atoms with Crippen molar-refractivity contribution in [3.8, 4) is 0 Å². The second-order valence-electron chi connectivity index (χ2n) is 4.05. The third-order valence-electron chi connectivity index (χ3n) is 2.63. The van der Waals surface area contributed by atoms with Gasteiger partial charge in [0.05, 0.1) is 6.04 Å². The fourth-order valence-corrected chi connectivity index (χ4v) is 1.56. The molecule has 0 bridgehead atoms. The smallest absolute Gasteiger partial charge is 0.325 e. The number of nitrogens with one attached hydrogen (secondary N) is 2. The van der Waals surface area contributed by atoms with Gasteiger partial charge in [-0.1, -0.05) is 37.3 Å². The average Bonchev–Trinajstić information content (AvgIpc) is 2.36. The van der Waals surface area contributed by atoms with Crippen molar-refractivity contribution in [1.82, 2.24) is 10.6 Å². The van der Waals surface area contributed by atoms with Gasteiger partial charge >= 0.3 is 12.0 Å². The lowest BCUT2D eigenvalue weighted by Crippen LogP contribution is -2.45. The van der Waals surface area contributed by atoms with Crippen LogP contribution in [0.2, 0.25) is 0 Å². The predicted octanol–water partition coefficient (Wildman–Crippen LogP) is 1.91. The van der Waals surface area contributed by atoms with Crippen molar-refractivity contribution in [2.75, 3.05) is 0 Å². The molecule has 1 rings (SSSR count). The van der Waals surface area contributed by atoms with Crippen molar-refractivity contribution in [2.24, 2.45) is 0 Å². The first-order valence-electron chi connectivity index (χ1n) is 5.89. The van der Waals surface area contributed by atoms with Crippen LogP contribution in [0.5, 0.6) is 0 Å². The van der Waals surface area contributed by atoms with E-state index >= 15 is 0 Å². The van der Waals surface area contributed by atoms with Crippen LogP contribution in [0, 0.1) is 0 Å². The lowest BCUT2D eigenvalue weighted by molar-refractivity contribution is -0.138. The number of carbonyl (C=O) groups excluding carboxylic acids is 1. The van der Waals surface area contributed by atoms with Gasteiger partial charge in [-0.25, -0.2) is 4.79 Å². The van der Waals surface area contributed by atoms with Gasteiger partial charge < -0.3 is 15.7 Å². The molecule has 0 fully saturated rings. The largest absolute Gasteiger partial charge is 0.480 e. The van der Waals surface area contributed by atoms with Crippen molar-refractivity contribution in [1.29, 1.82) is 0 Å². The third-order valence-corrected chi connectivity index (χ3v) is 2.63. The normalized spacial score (nSPS) is 13.4. The Morgan fingerprint density at radius 3 is 2.33 bits per heavy atom. The highest BCUT2D eigenvalue weighted by Crippen LogP contribution is 2.15. The number of hydrogen-bond donors (Lipinski definition) is 3. The SMILES string of the molecule is CCC(NC(=O)N[C@H](C)C(=O)O)c1ccccc1. The lowest BCUT2D eigenvalue weighted by Gasteiger charge is -2.19. The Balaban J connectivity index is 2.59. The maximum absolute atomic E-state index is 11.6. The average molecular weight is 250 g/mol. The minimum atomic E-state index is -1.06. The highest BCUT2D eigenvalue weighted by molar-refractivity contribution is 5.82. The van der Waals surface area contributed by atoms with Crippen LogP contribution in [0.3, 0.4) is 0 Å². The van der Waals surface area contributed by atoms with Crippen molar-refractivity contribution in [3.05, 3.63) is 35.9 Å². The van der Waals surface area contributed by atoms with Crippen LogP contribution >= 0.6 is 0 Å². The topological polar surface area (TPSA) is 78.4 Å². The van der Waals surface area contributed by atoms with Crippen LogP contribution in [0.1, 0.15) is 31.9 Å². The minimum absolute atomic E-state index is 0.118. The van der Waals surface area contributed by atoms with E-state index in [-0.39, 0.29) is 6.04 Å². The molecule has 1 aromatic carbocycles. The summed E-state index contributed by atoms with van der Waals surface area (Å²) in [7, 11) is 0. The van der Waals surface area contributed by atoms with Crippen LogP contribution in [0.4, 0.5) is 4.79 Å². The zero-order valence-corrected chi connectivity index (χ0v) is 10.5. The van der Waals surface area contributed by atoms with Gasteiger partial charge in [-0.3, -0.25) is 4.79 Å². The molecule has 5 heteroatoms. The molecular weight excluding hydrogens is 232 g/mol. The summed E-state index contributed by atoms with van der Waals surface area (Å²) < 4.78 is 0. The van der Waals surface area contributed by atoms with E-state index in [1.54, 1.807) is 0 Å². The van der Waals surface area contributed by atoms with E-state index in [1.165, 1.54) is 6.92 Å². The number of hydrogen-bond acceptors (Lipinski definition) is 2. The summed E-state index contributed by atoms with van der Waals surface area (Å²) in [5.74, 6) is -1.06. The Morgan fingerprint density at radius 2 is 1.83 bits per heavy atom. The minimum Gasteiger partial charge on any atom is -0.480 e. The number of carboxylic acids is 1. The van der Waals surface area contributed by atoms with E-state index < -0.39 is 18.0 Å². The molecule has 0 saturated heterocycles. The predicted molar refractivity (Wildman–Crippen MR) is 68.2 cm³/mol. The summed E-state index contributed by atoms with van der Waals surface area (Å²) in [4.78, 5) is 22.2. The molecule has 98 valence electrons. The second kappa shape index (κ2) is 6.64. The zero-order chi connectivity index (χ0) is 13.5. The summed E-state index contributed by atoms with van der Waals surface area (Å²) in [6.45, 7) is 3.38. The van der Waals surface area contributed by atoms with Gasteiger partial charge in [0.2, 0.25) is 0 Å². The van der Waals surface area contributed by atoms with Gasteiger partial charge in [-0.2, -0.15) is 0 Å². The van der Waals surface area contributed by atoms with Gasteiger partial charge in [0.25, 0.3) is 0 Å². The van der Waals surface area contributed by atoms with Crippen molar-refractivity contribution in [3.63, 3.8) is 0 Å². The molecule has 0 aliphatic rings. The van der Waals surface area contributed by atoms with Crippen molar-refractivity contribution >= 4 is 12.0 Å². The second-order valence-corrected chi connectivity index (χ2v) is 4.05. The number of rotatable bonds is 5. The molecule has 0 aliphatic carbocycles. The molecule has 1 unspecified atom stereocenters. The van der Waals surface area contributed by atoms with Crippen LogP contribution in [0.15, 0.2) is 30.3 Å².